The van der Waals surface area contributed by atoms with Crippen molar-refractivity contribution in [2.45, 2.75) is 47.1 Å². The SMILES string of the molecule is CCC(C)C(C)N=C(N=C(C)Nc1c[nH]cc1C)N(C)C. The smallest absolute Gasteiger partial charge is 0.222 e. The molecule has 0 aliphatic carbocycles. The predicted octanol–water partition coefficient (Wildman–Crippen LogP) is 3.51. The number of hydrogen-bond donors (Lipinski definition) is 2. The largest absolute Gasteiger partial charge is 0.366 e. The highest BCUT2D eigenvalue weighted by atomic mass is 15.3. The third kappa shape index (κ3) is 5.25. The molecule has 5 nitrogen and oxygen atoms in total. The summed E-state index contributed by atoms with van der Waals surface area (Å²) in [6, 6.07) is 0.262. The fraction of sp³-hybridized carbons (Fsp3) is 0.625. The number of rotatable bonds is 4. The monoisotopic (exact) mass is 291 g/mol. The number of aliphatic imine (C=N–C) groups is 2. The summed E-state index contributed by atoms with van der Waals surface area (Å²) in [5.41, 5.74) is 2.21. The average molecular weight is 291 g/mol. The molecule has 2 N–H and O–H groups in total. The lowest BCUT2D eigenvalue weighted by Gasteiger charge is -2.18. The van der Waals surface area contributed by atoms with Crippen LogP contribution in [0.1, 0.15) is 39.7 Å². The average Bonchev–Trinajstić information content (AvgIpc) is 2.82. The number of anilines is 1. The van der Waals surface area contributed by atoms with Crippen molar-refractivity contribution in [3.8, 4) is 0 Å². The van der Waals surface area contributed by atoms with Gasteiger partial charge in [0.05, 0.1) is 11.7 Å². The van der Waals surface area contributed by atoms with Gasteiger partial charge < -0.3 is 15.2 Å². The van der Waals surface area contributed by atoms with E-state index in [1.54, 1.807) is 0 Å². The molecule has 0 fully saturated rings. The van der Waals surface area contributed by atoms with Crippen molar-refractivity contribution in [3.63, 3.8) is 0 Å². The summed E-state index contributed by atoms with van der Waals surface area (Å²) < 4.78 is 0. The van der Waals surface area contributed by atoms with Gasteiger partial charge in [0.1, 0.15) is 5.84 Å². The lowest BCUT2D eigenvalue weighted by atomic mass is 10.0. The number of H-pyrrole nitrogens is 1. The zero-order chi connectivity index (χ0) is 16.0. The number of amidine groups is 1. The van der Waals surface area contributed by atoms with E-state index in [0.717, 1.165) is 23.9 Å². The number of nitrogens with zero attached hydrogens (tertiary/aromatic N) is 3. The van der Waals surface area contributed by atoms with Gasteiger partial charge >= 0.3 is 0 Å². The standard InChI is InChI=1S/C16H29N5/c1-8-11(2)13(4)18-16(21(6)7)20-14(5)19-15-10-17-9-12(15)3/h9-11,13,17H,8H2,1-7H3,(H,18,19,20). The van der Waals surface area contributed by atoms with E-state index in [9.17, 15) is 0 Å². The number of nitrogens with one attached hydrogen (secondary N) is 2. The van der Waals surface area contributed by atoms with Gasteiger partial charge in [-0.25, -0.2) is 9.98 Å². The Labute approximate surface area is 128 Å². The first-order chi connectivity index (χ1) is 9.85. The molecule has 118 valence electrons. The highest BCUT2D eigenvalue weighted by Gasteiger charge is 2.11. The Kier molecular flexibility index (Phi) is 6.46. The van der Waals surface area contributed by atoms with Crippen LogP contribution < -0.4 is 5.32 Å². The van der Waals surface area contributed by atoms with E-state index >= 15 is 0 Å². The predicted molar refractivity (Wildman–Crippen MR) is 92.3 cm³/mol. The van der Waals surface area contributed by atoms with E-state index in [1.165, 1.54) is 5.56 Å². The third-order valence-corrected chi connectivity index (χ3v) is 3.72. The van der Waals surface area contributed by atoms with E-state index in [4.69, 9.17) is 4.99 Å². The second-order valence-corrected chi connectivity index (χ2v) is 5.82. The second kappa shape index (κ2) is 7.86. The van der Waals surface area contributed by atoms with Crippen LogP contribution in [0.3, 0.4) is 0 Å². The molecule has 5 heteroatoms. The van der Waals surface area contributed by atoms with Crippen molar-refractivity contribution in [1.82, 2.24) is 9.88 Å². The number of aromatic amines is 1. The van der Waals surface area contributed by atoms with Gasteiger partial charge in [-0.1, -0.05) is 20.3 Å². The number of hydrogen-bond acceptors (Lipinski definition) is 1. The van der Waals surface area contributed by atoms with Crippen LogP contribution in [0.2, 0.25) is 0 Å². The Bertz CT molecular complexity index is 499. The maximum Gasteiger partial charge on any atom is 0.222 e. The zero-order valence-electron chi connectivity index (χ0n) is 14.4. The molecule has 0 spiro atoms. The molecule has 0 amide bonds. The van der Waals surface area contributed by atoms with E-state index in [1.807, 2.05) is 38.3 Å². The van der Waals surface area contributed by atoms with Crippen molar-refractivity contribution in [2.24, 2.45) is 15.9 Å². The molecule has 1 aromatic heterocycles. The first kappa shape index (κ1) is 17.3. The fourth-order valence-electron chi connectivity index (χ4n) is 1.84. The molecule has 2 atom stereocenters. The maximum atomic E-state index is 4.75. The summed E-state index contributed by atoms with van der Waals surface area (Å²) in [4.78, 5) is 14.4. The lowest BCUT2D eigenvalue weighted by molar-refractivity contribution is 0.463. The molecule has 0 bridgehead atoms. The molecule has 0 saturated heterocycles. The van der Waals surface area contributed by atoms with Gasteiger partial charge in [-0.3, -0.25) is 0 Å². The van der Waals surface area contributed by atoms with Crippen LogP contribution in [0, 0.1) is 12.8 Å². The summed E-state index contributed by atoms with van der Waals surface area (Å²) in [7, 11) is 3.95. The minimum absolute atomic E-state index is 0.262. The van der Waals surface area contributed by atoms with Gasteiger partial charge in [-0.05, 0) is 32.3 Å². The third-order valence-electron chi connectivity index (χ3n) is 3.72. The van der Waals surface area contributed by atoms with E-state index < -0.39 is 0 Å². The lowest BCUT2D eigenvalue weighted by Crippen LogP contribution is -2.26. The molecular weight excluding hydrogens is 262 g/mol. The van der Waals surface area contributed by atoms with Gasteiger partial charge in [0.2, 0.25) is 5.96 Å². The molecule has 0 aliphatic heterocycles. The first-order valence-electron chi connectivity index (χ1n) is 7.56. The Morgan fingerprint density at radius 3 is 2.48 bits per heavy atom. The Balaban J connectivity index is 2.88. The van der Waals surface area contributed by atoms with Crippen molar-refractivity contribution < 1.29 is 0 Å². The number of aromatic nitrogens is 1. The Morgan fingerprint density at radius 2 is 2.00 bits per heavy atom. The molecule has 1 heterocycles. The topological polar surface area (TPSA) is 55.8 Å². The Morgan fingerprint density at radius 1 is 1.33 bits per heavy atom. The number of aryl methyl sites for hydroxylation is 1. The first-order valence-corrected chi connectivity index (χ1v) is 7.56. The van der Waals surface area contributed by atoms with Crippen LogP contribution in [0.4, 0.5) is 5.69 Å². The van der Waals surface area contributed by atoms with Crippen LogP contribution in [0.25, 0.3) is 0 Å². The summed E-state index contributed by atoms with van der Waals surface area (Å²) in [5.74, 6) is 2.14. The van der Waals surface area contributed by atoms with Crippen molar-refractivity contribution in [1.29, 1.82) is 0 Å². The minimum Gasteiger partial charge on any atom is -0.366 e. The van der Waals surface area contributed by atoms with Crippen LogP contribution in [0.5, 0.6) is 0 Å². The molecule has 1 rings (SSSR count). The van der Waals surface area contributed by atoms with Crippen LogP contribution in [0.15, 0.2) is 22.4 Å². The molecule has 0 saturated carbocycles. The number of guanidine groups is 1. The fourth-order valence-corrected chi connectivity index (χ4v) is 1.84. The van der Waals surface area contributed by atoms with E-state index in [0.29, 0.717) is 5.92 Å². The molecule has 2 unspecified atom stereocenters. The van der Waals surface area contributed by atoms with Crippen LogP contribution in [-0.4, -0.2) is 41.8 Å². The van der Waals surface area contributed by atoms with Gasteiger partial charge in [0.15, 0.2) is 0 Å². The van der Waals surface area contributed by atoms with Gasteiger partial charge in [-0.15, -0.1) is 0 Å². The quantitative estimate of drug-likeness (QED) is 0.659. The van der Waals surface area contributed by atoms with E-state index in [-0.39, 0.29) is 6.04 Å². The molecule has 0 aliphatic rings. The van der Waals surface area contributed by atoms with Crippen molar-refractivity contribution in [2.75, 3.05) is 19.4 Å². The van der Waals surface area contributed by atoms with E-state index in [2.05, 4.69) is 43.0 Å². The highest BCUT2D eigenvalue weighted by Crippen LogP contribution is 2.13. The molecule has 0 radical (unpaired) electrons. The van der Waals surface area contributed by atoms with Crippen molar-refractivity contribution in [3.05, 3.63) is 18.0 Å². The molecule has 0 aromatic carbocycles. The normalized spacial score (nSPS) is 15.8. The van der Waals surface area contributed by atoms with Gasteiger partial charge in [0.25, 0.3) is 0 Å². The Hall–Kier alpha value is -1.78. The maximum absolute atomic E-state index is 4.75. The molecule has 21 heavy (non-hydrogen) atoms. The summed E-state index contributed by atoms with van der Waals surface area (Å²) in [6.45, 7) is 10.6. The van der Waals surface area contributed by atoms with Crippen LogP contribution >= 0.6 is 0 Å². The van der Waals surface area contributed by atoms with Gasteiger partial charge in [0, 0.05) is 26.5 Å². The van der Waals surface area contributed by atoms with Crippen LogP contribution in [-0.2, 0) is 0 Å². The van der Waals surface area contributed by atoms with Gasteiger partial charge in [-0.2, -0.15) is 0 Å². The minimum atomic E-state index is 0.262. The highest BCUT2D eigenvalue weighted by molar-refractivity contribution is 6.02. The summed E-state index contributed by atoms with van der Waals surface area (Å²) in [6.07, 6.45) is 5.01. The summed E-state index contributed by atoms with van der Waals surface area (Å²) >= 11 is 0. The molecule has 1 aromatic rings. The second-order valence-electron chi connectivity index (χ2n) is 5.82. The molecular formula is C16H29N5. The zero-order valence-corrected chi connectivity index (χ0v) is 14.4. The van der Waals surface area contributed by atoms with Crippen molar-refractivity contribution >= 4 is 17.5 Å². The summed E-state index contributed by atoms with van der Waals surface area (Å²) in [5, 5.41) is 3.30.